The second-order valence-corrected chi connectivity index (χ2v) is 5.89. The Morgan fingerprint density at radius 3 is 2.17 bits per heavy atom. The van der Waals surface area contributed by atoms with Gasteiger partial charge in [-0.05, 0) is 24.3 Å². The lowest BCUT2D eigenvalue weighted by atomic mass is 10.1. The Kier molecular flexibility index (Phi) is 3.63. The number of fused-ring (bicyclic) bond motifs is 1. The molecule has 4 heteroatoms. The summed E-state index contributed by atoms with van der Waals surface area (Å²) in [5.74, 6) is 0. The summed E-state index contributed by atoms with van der Waals surface area (Å²) >= 11 is 6.12. The van der Waals surface area contributed by atoms with E-state index in [1.807, 2.05) is 66.7 Å². The molecule has 3 nitrogen and oxygen atoms in total. The van der Waals surface area contributed by atoms with E-state index in [-0.39, 0.29) is 5.56 Å². The molecule has 0 amide bonds. The Morgan fingerprint density at radius 1 is 0.792 bits per heavy atom. The van der Waals surface area contributed by atoms with Crippen LogP contribution in [0.2, 0.25) is 5.02 Å². The molecule has 1 aromatic heterocycles. The van der Waals surface area contributed by atoms with Gasteiger partial charge in [-0.3, -0.25) is 4.79 Å². The maximum atomic E-state index is 12.9. The molecule has 0 bridgehead atoms. The van der Waals surface area contributed by atoms with E-state index in [2.05, 4.69) is 5.10 Å². The van der Waals surface area contributed by atoms with Crippen molar-refractivity contribution in [3.05, 3.63) is 94.2 Å². The van der Waals surface area contributed by atoms with E-state index in [0.29, 0.717) is 10.4 Å². The molecule has 24 heavy (non-hydrogen) atoms. The van der Waals surface area contributed by atoms with Crippen LogP contribution in [0.1, 0.15) is 0 Å². The van der Waals surface area contributed by atoms with Crippen LogP contribution in [-0.4, -0.2) is 9.78 Å². The van der Waals surface area contributed by atoms with Gasteiger partial charge < -0.3 is 0 Å². The van der Waals surface area contributed by atoms with Crippen LogP contribution in [0.4, 0.5) is 0 Å². The van der Waals surface area contributed by atoms with Crippen LogP contribution >= 0.6 is 11.6 Å². The van der Waals surface area contributed by atoms with Crippen LogP contribution in [0, 0.1) is 0 Å². The molecule has 3 aromatic carbocycles. The monoisotopic (exact) mass is 332 g/mol. The predicted octanol–water partition coefficient (Wildman–Crippen LogP) is 4.71. The number of hydrogen-bond acceptors (Lipinski definition) is 2. The van der Waals surface area contributed by atoms with Crippen molar-refractivity contribution in [2.45, 2.75) is 0 Å². The Hall–Kier alpha value is -2.91. The second-order valence-electron chi connectivity index (χ2n) is 5.46. The van der Waals surface area contributed by atoms with E-state index in [9.17, 15) is 4.79 Å². The summed E-state index contributed by atoms with van der Waals surface area (Å²) in [4.78, 5) is 12.9. The van der Waals surface area contributed by atoms with Gasteiger partial charge in [0.15, 0.2) is 0 Å². The highest BCUT2D eigenvalue weighted by Gasteiger charge is 2.13. The van der Waals surface area contributed by atoms with E-state index in [0.717, 1.165) is 22.3 Å². The van der Waals surface area contributed by atoms with Gasteiger partial charge in [-0.15, -0.1) is 0 Å². The predicted molar refractivity (Wildman–Crippen MR) is 97.8 cm³/mol. The lowest BCUT2D eigenvalue weighted by Gasteiger charge is -2.11. The molecule has 0 N–H and O–H groups in total. The summed E-state index contributed by atoms with van der Waals surface area (Å²) in [6.45, 7) is 0. The molecule has 0 aliphatic carbocycles. The van der Waals surface area contributed by atoms with Gasteiger partial charge in [0.1, 0.15) is 0 Å². The molecule has 0 aliphatic rings. The topological polar surface area (TPSA) is 34.9 Å². The van der Waals surface area contributed by atoms with Crippen LogP contribution in [-0.2, 0) is 0 Å². The SMILES string of the molecule is O=c1c2cc(Cl)ccc2c(-c2ccccc2)nn1-c1ccccc1. The molecule has 0 saturated carbocycles. The fourth-order valence-electron chi connectivity index (χ4n) is 2.77. The third-order valence-corrected chi connectivity index (χ3v) is 4.14. The van der Waals surface area contributed by atoms with Gasteiger partial charge in [0, 0.05) is 16.0 Å². The first-order valence-electron chi connectivity index (χ1n) is 7.57. The Balaban J connectivity index is 2.12. The molecule has 0 saturated heterocycles. The molecule has 4 aromatic rings. The maximum absolute atomic E-state index is 12.9. The molecular weight excluding hydrogens is 320 g/mol. The number of rotatable bonds is 2. The minimum atomic E-state index is -0.182. The Labute approximate surface area is 143 Å². The highest BCUT2D eigenvalue weighted by Crippen LogP contribution is 2.27. The first kappa shape index (κ1) is 14.7. The Bertz CT molecular complexity index is 1070. The number of nitrogens with zero attached hydrogens (tertiary/aromatic N) is 2. The van der Waals surface area contributed by atoms with Crippen molar-refractivity contribution in [1.82, 2.24) is 9.78 Å². The minimum absolute atomic E-state index is 0.182. The summed E-state index contributed by atoms with van der Waals surface area (Å²) in [6.07, 6.45) is 0. The number of para-hydroxylation sites is 1. The van der Waals surface area contributed by atoms with Crippen molar-refractivity contribution >= 4 is 22.4 Å². The summed E-state index contributed by atoms with van der Waals surface area (Å²) in [5, 5.41) is 6.51. The van der Waals surface area contributed by atoms with E-state index in [1.54, 1.807) is 12.1 Å². The molecule has 0 aliphatic heterocycles. The van der Waals surface area contributed by atoms with Crippen molar-refractivity contribution in [2.24, 2.45) is 0 Å². The molecule has 4 rings (SSSR count). The molecule has 0 atom stereocenters. The molecule has 0 radical (unpaired) electrons. The molecular formula is C20H13ClN2O. The lowest BCUT2D eigenvalue weighted by Crippen LogP contribution is -2.22. The van der Waals surface area contributed by atoms with Crippen LogP contribution in [0.25, 0.3) is 27.7 Å². The van der Waals surface area contributed by atoms with Crippen LogP contribution in [0.3, 0.4) is 0 Å². The summed E-state index contributed by atoms with van der Waals surface area (Å²) in [6, 6.07) is 24.6. The van der Waals surface area contributed by atoms with Crippen LogP contribution in [0.15, 0.2) is 83.7 Å². The highest BCUT2D eigenvalue weighted by atomic mass is 35.5. The number of hydrogen-bond donors (Lipinski definition) is 0. The largest absolute Gasteiger partial charge is 0.279 e. The van der Waals surface area contributed by atoms with Gasteiger partial charge in [-0.1, -0.05) is 66.2 Å². The number of aromatic nitrogens is 2. The van der Waals surface area contributed by atoms with E-state index < -0.39 is 0 Å². The molecule has 0 unspecified atom stereocenters. The molecule has 1 heterocycles. The normalized spacial score (nSPS) is 10.9. The van der Waals surface area contributed by atoms with E-state index in [1.165, 1.54) is 4.68 Å². The molecule has 0 spiro atoms. The smallest absolute Gasteiger partial charge is 0.267 e. The van der Waals surface area contributed by atoms with E-state index >= 15 is 0 Å². The summed E-state index contributed by atoms with van der Waals surface area (Å²) in [5.41, 5.74) is 2.25. The van der Waals surface area contributed by atoms with Gasteiger partial charge in [-0.2, -0.15) is 9.78 Å². The first-order chi connectivity index (χ1) is 11.7. The van der Waals surface area contributed by atoms with Crippen molar-refractivity contribution in [3.63, 3.8) is 0 Å². The van der Waals surface area contributed by atoms with Gasteiger partial charge in [0.2, 0.25) is 0 Å². The van der Waals surface area contributed by atoms with Crippen molar-refractivity contribution < 1.29 is 0 Å². The number of halogens is 1. The zero-order chi connectivity index (χ0) is 16.5. The molecule has 116 valence electrons. The maximum Gasteiger partial charge on any atom is 0.279 e. The van der Waals surface area contributed by atoms with Gasteiger partial charge >= 0.3 is 0 Å². The zero-order valence-corrected chi connectivity index (χ0v) is 13.4. The first-order valence-corrected chi connectivity index (χ1v) is 7.95. The fraction of sp³-hybridized carbons (Fsp3) is 0. The minimum Gasteiger partial charge on any atom is -0.267 e. The highest BCUT2D eigenvalue weighted by molar-refractivity contribution is 6.31. The van der Waals surface area contributed by atoms with Crippen molar-refractivity contribution in [1.29, 1.82) is 0 Å². The quantitative estimate of drug-likeness (QED) is 0.533. The third-order valence-electron chi connectivity index (χ3n) is 3.91. The third kappa shape index (κ3) is 2.49. The average Bonchev–Trinajstić information content (AvgIpc) is 2.64. The van der Waals surface area contributed by atoms with Gasteiger partial charge in [0.05, 0.1) is 16.8 Å². The van der Waals surface area contributed by atoms with Crippen molar-refractivity contribution in [2.75, 3.05) is 0 Å². The second kappa shape index (κ2) is 5.95. The summed E-state index contributed by atoms with van der Waals surface area (Å²) in [7, 11) is 0. The fourth-order valence-corrected chi connectivity index (χ4v) is 2.94. The van der Waals surface area contributed by atoms with Gasteiger partial charge in [-0.25, -0.2) is 0 Å². The van der Waals surface area contributed by atoms with Gasteiger partial charge in [0.25, 0.3) is 5.56 Å². The molecule has 0 fully saturated rings. The number of benzene rings is 3. The Morgan fingerprint density at radius 2 is 1.46 bits per heavy atom. The standard InChI is InChI=1S/C20H13ClN2O/c21-15-11-12-17-18(13-15)20(24)23(16-9-5-2-6-10-16)22-19(17)14-7-3-1-4-8-14/h1-13H. The van der Waals surface area contributed by atoms with Crippen LogP contribution in [0.5, 0.6) is 0 Å². The van der Waals surface area contributed by atoms with E-state index in [4.69, 9.17) is 11.6 Å². The summed E-state index contributed by atoms with van der Waals surface area (Å²) < 4.78 is 1.43. The lowest BCUT2D eigenvalue weighted by molar-refractivity contribution is 0.826. The zero-order valence-electron chi connectivity index (χ0n) is 12.7. The van der Waals surface area contributed by atoms with Crippen molar-refractivity contribution in [3.8, 4) is 16.9 Å². The average molecular weight is 333 g/mol. The van der Waals surface area contributed by atoms with Crippen LogP contribution < -0.4 is 5.56 Å².